The number of hydrogen-bond acceptors (Lipinski definition) is 4. The van der Waals surface area contributed by atoms with E-state index >= 15 is 0 Å². The minimum atomic E-state index is -2.75. The Kier molecular flexibility index (Phi) is 16.6. The van der Waals surface area contributed by atoms with Gasteiger partial charge < -0.3 is 15.3 Å². The van der Waals surface area contributed by atoms with E-state index < -0.39 is 11.9 Å². The highest BCUT2D eigenvalue weighted by Gasteiger charge is 2.39. The van der Waals surface area contributed by atoms with Crippen LogP contribution in [-0.2, 0) is 4.79 Å². The average molecular weight is 386 g/mol. The highest BCUT2D eigenvalue weighted by atomic mass is 16.6. The Morgan fingerprint density at radius 1 is 0.778 bits per heavy atom. The number of allylic oxidation sites excluding steroid dienone is 2. The summed E-state index contributed by atoms with van der Waals surface area (Å²) >= 11 is 0. The summed E-state index contributed by atoms with van der Waals surface area (Å²) in [6.45, 7) is 4.66. The fraction of sp³-hybridized carbons (Fsp3) is 0.864. The summed E-state index contributed by atoms with van der Waals surface area (Å²) in [6.07, 6.45) is 21.7. The lowest BCUT2D eigenvalue weighted by Crippen LogP contribution is -2.55. The minimum absolute atomic E-state index is 0.296. The predicted molar refractivity (Wildman–Crippen MR) is 112 cm³/mol. The number of rotatable bonds is 19. The first-order valence-electron chi connectivity index (χ1n) is 11.0. The molecule has 0 aliphatic rings. The van der Waals surface area contributed by atoms with Gasteiger partial charge in [0, 0.05) is 13.1 Å². The maximum atomic E-state index is 10.8. The number of unbranched alkanes of at least 4 members (excludes halogenated alkanes) is 12. The number of carbonyl (C=O) groups is 1. The largest absolute Gasteiger partial charge is 0.476 e. The lowest BCUT2D eigenvalue weighted by atomic mass is 10.1. The third-order valence-electron chi connectivity index (χ3n) is 5.05. The van der Waals surface area contributed by atoms with Crippen molar-refractivity contribution in [1.82, 2.24) is 4.90 Å². The monoisotopic (exact) mass is 385 g/mol. The Balaban J connectivity index is 3.47. The highest BCUT2D eigenvalue weighted by Crippen LogP contribution is 2.13. The van der Waals surface area contributed by atoms with Crippen molar-refractivity contribution in [3.63, 3.8) is 0 Å². The van der Waals surface area contributed by atoms with Crippen LogP contribution in [0.5, 0.6) is 0 Å². The summed E-state index contributed by atoms with van der Waals surface area (Å²) in [4.78, 5) is 12.0. The minimum Gasteiger partial charge on any atom is -0.476 e. The number of aliphatic hydroxyl groups is 2. The Bertz CT molecular complexity index is 383. The van der Waals surface area contributed by atoms with Gasteiger partial charge >= 0.3 is 11.9 Å². The molecule has 0 amide bonds. The maximum Gasteiger partial charge on any atom is 0.381 e. The van der Waals surface area contributed by atoms with Gasteiger partial charge in [0.1, 0.15) is 0 Å². The van der Waals surface area contributed by atoms with Gasteiger partial charge in [0.25, 0.3) is 0 Å². The molecule has 5 heteroatoms. The van der Waals surface area contributed by atoms with Crippen LogP contribution in [0.15, 0.2) is 12.2 Å². The lowest BCUT2D eigenvalue weighted by molar-refractivity contribution is -0.263. The fourth-order valence-electron chi connectivity index (χ4n) is 3.22. The van der Waals surface area contributed by atoms with Crippen molar-refractivity contribution in [2.75, 3.05) is 13.1 Å². The fourth-order valence-corrected chi connectivity index (χ4v) is 3.22. The van der Waals surface area contributed by atoms with Gasteiger partial charge in [0.05, 0.1) is 0 Å². The lowest BCUT2D eigenvalue weighted by Gasteiger charge is -2.30. The van der Waals surface area contributed by atoms with E-state index in [2.05, 4.69) is 19.1 Å². The molecule has 160 valence electrons. The number of hydrogen-bond donors (Lipinski definition) is 3. The number of aliphatic carboxylic acids is 1. The normalized spacial score (nSPS) is 12.3. The van der Waals surface area contributed by atoms with Crippen molar-refractivity contribution < 1.29 is 20.1 Å². The van der Waals surface area contributed by atoms with Crippen molar-refractivity contribution in [3.8, 4) is 0 Å². The van der Waals surface area contributed by atoms with Gasteiger partial charge in [0.2, 0.25) is 0 Å². The molecule has 0 radical (unpaired) electrons. The topological polar surface area (TPSA) is 81.0 Å². The van der Waals surface area contributed by atoms with E-state index in [4.69, 9.17) is 5.11 Å². The van der Waals surface area contributed by atoms with Crippen LogP contribution in [0.3, 0.4) is 0 Å². The van der Waals surface area contributed by atoms with Crippen LogP contribution in [0.1, 0.15) is 104 Å². The van der Waals surface area contributed by atoms with Crippen LogP contribution >= 0.6 is 0 Å². The van der Waals surface area contributed by atoms with Gasteiger partial charge in [-0.05, 0) is 32.1 Å². The van der Waals surface area contributed by atoms with Gasteiger partial charge in [-0.3, -0.25) is 0 Å². The summed E-state index contributed by atoms with van der Waals surface area (Å²) in [6, 6.07) is 0. The second-order valence-corrected chi connectivity index (χ2v) is 7.46. The number of likely N-dealkylation sites (N-methyl/N-ethyl adjacent to an activating group) is 1. The van der Waals surface area contributed by atoms with Crippen LogP contribution in [0.25, 0.3) is 0 Å². The molecule has 0 saturated heterocycles. The third kappa shape index (κ3) is 13.8. The van der Waals surface area contributed by atoms with Gasteiger partial charge in [-0.15, -0.1) is 0 Å². The van der Waals surface area contributed by atoms with Crippen molar-refractivity contribution in [2.24, 2.45) is 0 Å². The predicted octanol–water partition coefficient (Wildman–Crippen LogP) is 5.07. The molecule has 0 heterocycles. The van der Waals surface area contributed by atoms with Gasteiger partial charge in [-0.2, -0.15) is 0 Å². The maximum absolute atomic E-state index is 10.8. The van der Waals surface area contributed by atoms with E-state index in [1.807, 2.05) is 0 Å². The second-order valence-electron chi connectivity index (χ2n) is 7.46. The summed E-state index contributed by atoms with van der Waals surface area (Å²) < 4.78 is 0. The van der Waals surface area contributed by atoms with Crippen LogP contribution < -0.4 is 0 Å². The zero-order chi connectivity index (χ0) is 20.4. The molecule has 0 saturated carbocycles. The van der Waals surface area contributed by atoms with E-state index in [-0.39, 0.29) is 0 Å². The van der Waals surface area contributed by atoms with Crippen molar-refractivity contribution in [3.05, 3.63) is 12.2 Å². The quantitative estimate of drug-likeness (QED) is 0.164. The van der Waals surface area contributed by atoms with E-state index in [0.717, 1.165) is 25.7 Å². The van der Waals surface area contributed by atoms with Crippen molar-refractivity contribution >= 4 is 5.97 Å². The number of carboxylic acids is 1. The first kappa shape index (κ1) is 26.1. The van der Waals surface area contributed by atoms with Gasteiger partial charge in [-0.1, -0.05) is 83.8 Å². The number of carboxylic acid groups (broad SMARTS) is 1. The smallest absolute Gasteiger partial charge is 0.381 e. The van der Waals surface area contributed by atoms with Crippen LogP contribution in [0.4, 0.5) is 0 Å². The zero-order valence-electron chi connectivity index (χ0n) is 17.7. The first-order valence-corrected chi connectivity index (χ1v) is 11.0. The average Bonchev–Trinajstić information content (AvgIpc) is 2.64. The molecule has 0 unspecified atom stereocenters. The molecule has 3 N–H and O–H groups in total. The Hall–Kier alpha value is -0.910. The molecule has 0 aliphatic heterocycles. The highest BCUT2D eigenvalue weighted by molar-refractivity contribution is 5.74. The molecule has 27 heavy (non-hydrogen) atoms. The molecular formula is C22H43NO4. The number of nitrogens with zero attached hydrogens (tertiary/aromatic N) is 1. The molecule has 0 aromatic carbocycles. The molecule has 0 spiro atoms. The molecular weight excluding hydrogens is 342 g/mol. The van der Waals surface area contributed by atoms with Crippen LogP contribution in [0.2, 0.25) is 0 Å². The molecule has 5 nitrogen and oxygen atoms in total. The Morgan fingerprint density at radius 3 is 1.67 bits per heavy atom. The molecule has 0 fully saturated rings. The molecule has 0 rings (SSSR count). The van der Waals surface area contributed by atoms with Gasteiger partial charge in [-0.25, -0.2) is 9.69 Å². The summed E-state index contributed by atoms with van der Waals surface area (Å²) in [7, 11) is 0. The Labute approximate surface area is 166 Å². The first-order chi connectivity index (χ1) is 13.0. The summed E-state index contributed by atoms with van der Waals surface area (Å²) in [5, 5.41) is 27.9. The summed E-state index contributed by atoms with van der Waals surface area (Å²) in [5.74, 6) is -4.37. The molecule has 0 atom stereocenters. The third-order valence-corrected chi connectivity index (χ3v) is 5.05. The van der Waals surface area contributed by atoms with Crippen molar-refractivity contribution in [2.45, 2.75) is 110 Å². The van der Waals surface area contributed by atoms with Gasteiger partial charge in [0.15, 0.2) is 0 Å². The van der Waals surface area contributed by atoms with E-state index in [1.54, 1.807) is 6.92 Å². The van der Waals surface area contributed by atoms with Crippen LogP contribution in [-0.4, -0.2) is 45.2 Å². The SMILES string of the molecule is CCCCCCCC/C=C\CCCCCCCCN(CC)C(O)(O)C(=O)O. The molecule has 0 bridgehead atoms. The molecule has 0 aromatic heterocycles. The van der Waals surface area contributed by atoms with E-state index in [1.165, 1.54) is 69.1 Å². The zero-order valence-corrected chi connectivity index (χ0v) is 17.7. The Morgan fingerprint density at radius 2 is 1.22 bits per heavy atom. The summed E-state index contributed by atoms with van der Waals surface area (Å²) in [5.41, 5.74) is 0. The van der Waals surface area contributed by atoms with Crippen LogP contribution in [0, 0.1) is 0 Å². The van der Waals surface area contributed by atoms with Crippen molar-refractivity contribution in [1.29, 1.82) is 0 Å². The second kappa shape index (κ2) is 17.2. The standard InChI is InChI=1S/C22H43NO4/c1-3-5-6-7-8-9-10-11-12-13-14-15-16-17-18-19-20-23(4-2)22(26,27)21(24)25/h11-12,26-27H,3-10,13-20H2,1-2H3,(H,24,25)/b12-11-. The van der Waals surface area contributed by atoms with E-state index in [0.29, 0.717) is 13.1 Å². The molecule has 0 aliphatic carbocycles. The molecule has 0 aromatic rings. The van der Waals surface area contributed by atoms with E-state index in [9.17, 15) is 15.0 Å².